The Kier molecular flexibility index (Phi) is 6.28. The molecule has 4 nitrogen and oxygen atoms in total. The molecule has 0 fully saturated rings. The second-order valence-corrected chi connectivity index (χ2v) is 2.66. The maximum Gasteiger partial charge on any atom is 0.222 e. The van der Waals surface area contributed by atoms with Gasteiger partial charge in [-0.3, -0.25) is 9.59 Å². The topological polar surface area (TPSA) is 72.2 Å². The van der Waals surface area contributed by atoms with Crippen molar-refractivity contribution < 1.29 is 9.59 Å². The maximum atomic E-state index is 10.5. The lowest BCUT2D eigenvalue weighted by Crippen LogP contribution is -2.34. The van der Waals surface area contributed by atoms with Crippen molar-refractivity contribution in [2.75, 3.05) is 6.54 Å². The molecule has 0 aromatic rings. The van der Waals surface area contributed by atoms with Gasteiger partial charge in [-0.25, -0.2) is 0 Å². The Hall–Kier alpha value is -0.900. The zero-order chi connectivity index (χ0) is 9.40. The highest BCUT2D eigenvalue weighted by Crippen LogP contribution is 1.97. The quantitative estimate of drug-likeness (QED) is 0.540. The molecule has 0 aliphatic heterocycles. The molecule has 0 saturated heterocycles. The first kappa shape index (κ1) is 11.1. The van der Waals surface area contributed by atoms with Gasteiger partial charge in [0.1, 0.15) is 0 Å². The Morgan fingerprint density at radius 1 is 1.58 bits per heavy atom. The fourth-order valence-electron chi connectivity index (χ4n) is 0.899. The summed E-state index contributed by atoms with van der Waals surface area (Å²) < 4.78 is 0. The van der Waals surface area contributed by atoms with Gasteiger partial charge in [-0.05, 0) is 25.8 Å². The average Bonchev–Trinajstić information content (AvgIpc) is 2.02. The predicted octanol–water partition coefficient (Wildman–Crippen LogP) is -0.270. The second-order valence-electron chi connectivity index (χ2n) is 2.66. The Morgan fingerprint density at radius 3 is 2.67 bits per heavy atom. The summed E-state index contributed by atoms with van der Waals surface area (Å²) in [6.07, 6.45) is 4.11. The van der Waals surface area contributed by atoms with Crippen LogP contribution in [0.1, 0.15) is 26.2 Å². The molecule has 0 aromatic carbocycles. The van der Waals surface area contributed by atoms with Gasteiger partial charge in [-0.15, -0.1) is 0 Å². The van der Waals surface area contributed by atoms with Crippen molar-refractivity contribution in [2.45, 2.75) is 32.2 Å². The van der Waals surface area contributed by atoms with E-state index in [1.807, 2.05) is 0 Å². The van der Waals surface area contributed by atoms with Gasteiger partial charge in [0.15, 0.2) is 0 Å². The van der Waals surface area contributed by atoms with Crippen LogP contribution in [0.25, 0.3) is 0 Å². The summed E-state index contributed by atoms with van der Waals surface area (Å²) in [6, 6.07) is -0.464. The van der Waals surface area contributed by atoms with E-state index in [0.717, 1.165) is 12.8 Å². The molecule has 0 aliphatic carbocycles. The molecular formula is C8H15N2O2. The third kappa shape index (κ3) is 5.85. The zero-order valence-corrected chi connectivity index (χ0v) is 7.30. The van der Waals surface area contributed by atoms with Crippen molar-refractivity contribution in [3.8, 4) is 0 Å². The fourth-order valence-corrected chi connectivity index (χ4v) is 0.899. The molecule has 1 radical (unpaired) electrons. The van der Waals surface area contributed by atoms with Gasteiger partial charge in [-0.2, -0.15) is 0 Å². The van der Waals surface area contributed by atoms with E-state index in [9.17, 15) is 9.59 Å². The van der Waals surface area contributed by atoms with Crippen molar-refractivity contribution in [1.29, 1.82) is 0 Å². The fraction of sp³-hybridized carbons (Fsp3) is 0.750. The van der Waals surface area contributed by atoms with E-state index in [1.54, 1.807) is 6.29 Å². The number of rotatable bonds is 6. The number of hydrogen-bond acceptors (Lipinski definition) is 3. The normalized spacial score (nSPS) is 12.2. The molecule has 0 spiro atoms. The molecule has 0 heterocycles. The van der Waals surface area contributed by atoms with Crippen LogP contribution >= 0.6 is 0 Å². The molecule has 69 valence electrons. The molecule has 1 amide bonds. The van der Waals surface area contributed by atoms with Gasteiger partial charge in [0, 0.05) is 6.92 Å². The van der Waals surface area contributed by atoms with Gasteiger partial charge in [0.25, 0.3) is 0 Å². The standard InChI is InChI=1S/C8H15N2O2/c1-7(12)10-8(6-11)4-2-3-5-9/h8H,2-5,9H2,1H3,(H,10,12)/t8-/m0/s1. The van der Waals surface area contributed by atoms with Crippen molar-refractivity contribution in [3.63, 3.8) is 0 Å². The molecule has 0 rings (SSSR count). The van der Waals surface area contributed by atoms with E-state index in [2.05, 4.69) is 5.32 Å². The molecule has 4 heteroatoms. The highest BCUT2D eigenvalue weighted by Gasteiger charge is 2.07. The summed E-state index contributed by atoms with van der Waals surface area (Å²) >= 11 is 0. The number of nitrogens with two attached hydrogens (primary N) is 1. The minimum absolute atomic E-state index is 0.198. The van der Waals surface area contributed by atoms with E-state index in [4.69, 9.17) is 5.73 Å². The van der Waals surface area contributed by atoms with Crippen LogP contribution in [0.4, 0.5) is 0 Å². The lowest BCUT2D eigenvalue weighted by Gasteiger charge is -2.08. The van der Waals surface area contributed by atoms with Crippen LogP contribution < -0.4 is 11.1 Å². The Morgan fingerprint density at radius 2 is 2.25 bits per heavy atom. The summed E-state index contributed by atoms with van der Waals surface area (Å²) in [6.45, 7) is 2.00. The van der Waals surface area contributed by atoms with Crippen LogP contribution in [-0.4, -0.2) is 24.8 Å². The van der Waals surface area contributed by atoms with Gasteiger partial charge in [-0.1, -0.05) is 0 Å². The Bertz CT molecular complexity index is 148. The average molecular weight is 171 g/mol. The minimum atomic E-state index is -0.464. The maximum absolute atomic E-state index is 10.5. The number of carbonyl (C=O) groups is 1. The van der Waals surface area contributed by atoms with Crippen LogP contribution in [0.2, 0.25) is 0 Å². The van der Waals surface area contributed by atoms with Crippen molar-refractivity contribution in [3.05, 3.63) is 0 Å². The monoisotopic (exact) mass is 171 g/mol. The highest BCUT2D eigenvalue weighted by atomic mass is 16.2. The summed E-state index contributed by atoms with van der Waals surface area (Å²) in [7, 11) is 0. The van der Waals surface area contributed by atoms with E-state index >= 15 is 0 Å². The van der Waals surface area contributed by atoms with E-state index in [1.165, 1.54) is 6.92 Å². The lowest BCUT2D eigenvalue weighted by atomic mass is 10.1. The van der Waals surface area contributed by atoms with Gasteiger partial charge < -0.3 is 11.1 Å². The first-order valence-electron chi connectivity index (χ1n) is 4.05. The third-order valence-corrected chi connectivity index (χ3v) is 1.47. The van der Waals surface area contributed by atoms with Crippen molar-refractivity contribution in [2.24, 2.45) is 5.73 Å². The van der Waals surface area contributed by atoms with Crippen molar-refractivity contribution in [1.82, 2.24) is 5.32 Å². The molecule has 3 N–H and O–H groups in total. The summed E-state index contributed by atoms with van der Waals surface area (Å²) in [5.41, 5.74) is 5.27. The van der Waals surface area contributed by atoms with Crippen LogP contribution in [-0.2, 0) is 9.59 Å². The molecule has 1 atom stereocenters. The zero-order valence-electron chi connectivity index (χ0n) is 7.30. The first-order valence-corrected chi connectivity index (χ1v) is 4.05. The van der Waals surface area contributed by atoms with Gasteiger partial charge in [0.2, 0.25) is 12.2 Å². The number of amides is 1. The predicted molar refractivity (Wildman–Crippen MR) is 46.2 cm³/mol. The van der Waals surface area contributed by atoms with E-state index < -0.39 is 6.04 Å². The molecule has 0 aliphatic rings. The highest BCUT2D eigenvalue weighted by molar-refractivity contribution is 5.77. The van der Waals surface area contributed by atoms with Gasteiger partial charge in [0.05, 0.1) is 6.04 Å². The van der Waals surface area contributed by atoms with E-state index in [0.29, 0.717) is 13.0 Å². The first-order chi connectivity index (χ1) is 5.70. The smallest absolute Gasteiger partial charge is 0.222 e. The SMILES string of the molecule is CC(=O)N[C@H]([C]=O)CCCCN. The molecule has 0 saturated carbocycles. The van der Waals surface area contributed by atoms with Crippen LogP contribution in [0.15, 0.2) is 0 Å². The minimum Gasteiger partial charge on any atom is -0.346 e. The summed E-state index contributed by atoms with van der Waals surface area (Å²) in [5, 5.41) is 2.49. The number of nitrogens with one attached hydrogen (secondary N) is 1. The van der Waals surface area contributed by atoms with Crippen molar-refractivity contribution >= 4 is 12.2 Å². The largest absolute Gasteiger partial charge is 0.346 e. The number of unbranched alkanes of at least 4 members (excludes halogenated alkanes) is 1. The van der Waals surface area contributed by atoms with Gasteiger partial charge >= 0.3 is 0 Å². The van der Waals surface area contributed by atoms with Crippen LogP contribution in [0.5, 0.6) is 0 Å². The molecular weight excluding hydrogens is 156 g/mol. The lowest BCUT2D eigenvalue weighted by molar-refractivity contribution is -0.119. The molecule has 0 bridgehead atoms. The third-order valence-electron chi connectivity index (χ3n) is 1.47. The molecule has 12 heavy (non-hydrogen) atoms. The number of carbonyl (C=O) groups excluding carboxylic acids is 2. The number of hydrogen-bond donors (Lipinski definition) is 2. The van der Waals surface area contributed by atoms with Crippen LogP contribution in [0, 0.1) is 0 Å². The van der Waals surface area contributed by atoms with Crippen LogP contribution in [0.3, 0.4) is 0 Å². The second kappa shape index (κ2) is 6.79. The van der Waals surface area contributed by atoms with E-state index in [-0.39, 0.29) is 5.91 Å². The molecule has 0 unspecified atom stereocenters. The molecule has 0 aromatic heterocycles. The summed E-state index contributed by atoms with van der Waals surface area (Å²) in [4.78, 5) is 20.8. The Labute approximate surface area is 72.5 Å². The Balaban J connectivity index is 3.53. The summed E-state index contributed by atoms with van der Waals surface area (Å²) in [5.74, 6) is -0.198.